The summed E-state index contributed by atoms with van der Waals surface area (Å²) >= 11 is 0. The molecule has 4 aromatic rings. The highest BCUT2D eigenvalue weighted by molar-refractivity contribution is 5.85. The highest BCUT2D eigenvalue weighted by atomic mass is 19.4. The molecule has 6 atom stereocenters. The van der Waals surface area contributed by atoms with Crippen LogP contribution in [0.5, 0.6) is 0 Å². The van der Waals surface area contributed by atoms with Gasteiger partial charge in [-0.15, -0.1) is 0 Å². The van der Waals surface area contributed by atoms with Gasteiger partial charge in [-0.25, -0.2) is 14.2 Å². The van der Waals surface area contributed by atoms with E-state index in [1.54, 1.807) is 19.1 Å². The number of likely N-dealkylation sites (N-methyl/N-ethyl adjacent to an activating group) is 1. The van der Waals surface area contributed by atoms with Crippen LogP contribution < -0.4 is 15.5 Å². The van der Waals surface area contributed by atoms with Crippen molar-refractivity contribution in [3.63, 3.8) is 0 Å². The molecule has 0 radical (unpaired) electrons. The van der Waals surface area contributed by atoms with E-state index in [1.165, 1.54) is 23.0 Å². The quantitative estimate of drug-likeness (QED) is 0.155. The van der Waals surface area contributed by atoms with Crippen molar-refractivity contribution in [1.29, 1.82) is 0 Å². The van der Waals surface area contributed by atoms with Crippen LogP contribution in [0.4, 0.5) is 29.3 Å². The van der Waals surface area contributed by atoms with Crippen molar-refractivity contribution in [3.05, 3.63) is 77.9 Å². The van der Waals surface area contributed by atoms with Gasteiger partial charge in [-0.1, -0.05) is 49.4 Å². The maximum Gasteiger partial charge on any atom is 0.490 e. The number of ether oxygens (including phenoxy) is 1. The molecule has 2 aromatic heterocycles. The minimum Gasteiger partial charge on any atom is -0.451 e. The number of carbonyl (C=O) groups excluding carboxylic acids is 2. The predicted octanol–water partition coefficient (Wildman–Crippen LogP) is 4.02. The molecule has 1 aliphatic heterocycles. The van der Waals surface area contributed by atoms with Crippen LogP contribution in [-0.2, 0) is 14.3 Å². The van der Waals surface area contributed by atoms with Crippen molar-refractivity contribution in [2.45, 2.75) is 68.6 Å². The molecule has 2 aliphatic rings. The van der Waals surface area contributed by atoms with E-state index in [0.717, 1.165) is 17.5 Å². The van der Waals surface area contributed by atoms with Crippen LogP contribution in [-0.4, -0.2) is 106 Å². The molecule has 1 unspecified atom stereocenters. The summed E-state index contributed by atoms with van der Waals surface area (Å²) in [6.07, 6.45) is -6.41. The second kappa shape index (κ2) is 14.8. The number of nitrogens with one attached hydrogen (secondary N) is 2. The Balaban J connectivity index is 1.41. The molecule has 1 saturated heterocycles. The van der Waals surface area contributed by atoms with Gasteiger partial charge in [0, 0.05) is 38.0 Å². The SMILES string of the molecule is CCC(=O)N[C@H]1C[C@@H](n2cnc3c(NCC(c4ccccc4)c4ccc(F)cc4)nc(N4CC[C@@H](N(C)C)C4)nc32)[C@H](OC(=O)C(F)(F)F)[C@@H]1O. The molecule has 1 aliphatic carbocycles. The Morgan fingerprint density at radius 1 is 1.08 bits per heavy atom. The Hall–Kier alpha value is -4.83. The van der Waals surface area contributed by atoms with Gasteiger partial charge in [-0.05, 0) is 50.2 Å². The van der Waals surface area contributed by atoms with Gasteiger partial charge in [0.1, 0.15) is 11.9 Å². The Morgan fingerprint density at radius 2 is 1.78 bits per heavy atom. The van der Waals surface area contributed by atoms with Gasteiger partial charge < -0.3 is 34.8 Å². The molecule has 2 aromatic carbocycles. The number of aliphatic hydroxyl groups excluding tert-OH is 1. The van der Waals surface area contributed by atoms with Crippen LogP contribution in [0, 0.1) is 5.82 Å². The number of halogens is 4. The Morgan fingerprint density at radius 3 is 2.43 bits per heavy atom. The topological polar surface area (TPSA) is 138 Å². The highest BCUT2D eigenvalue weighted by Crippen LogP contribution is 2.38. The fraction of sp³-hybridized carbons (Fsp3) is 0.457. The van der Waals surface area contributed by atoms with Crippen molar-refractivity contribution in [3.8, 4) is 0 Å². The lowest BCUT2D eigenvalue weighted by atomic mass is 9.91. The van der Waals surface area contributed by atoms with Crippen molar-refractivity contribution in [2.24, 2.45) is 0 Å². The first-order valence-corrected chi connectivity index (χ1v) is 16.8. The molecule has 16 heteroatoms. The predicted molar refractivity (Wildman–Crippen MR) is 181 cm³/mol. The number of benzene rings is 2. The zero-order valence-corrected chi connectivity index (χ0v) is 28.3. The number of carbonyl (C=O) groups is 2. The molecular formula is C35H40F4N8O4. The number of nitrogens with zero attached hydrogens (tertiary/aromatic N) is 6. The Kier molecular flexibility index (Phi) is 10.4. The zero-order valence-electron chi connectivity index (χ0n) is 28.3. The first-order valence-electron chi connectivity index (χ1n) is 16.8. The summed E-state index contributed by atoms with van der Waals surface area (Å²) in [5.41, 5.74) is 2.36. The van der Waals surface area contributed by atoms with Gasteiger partial charge >= 0.3 is 12.1 Å². The number of aliphatic hydroxyl groups is 1. The third-order valence-corrected chi connectivity index (χ3v) is 9.66. The molecule has 3 heterocycles. The standard InChI is InChI=1S/C35H40F4N8O4/c1-4-27(48)42-25-16-26(30(29(25)49)51-33(50)35(37,38)39)47-19-41-28-31(43-34(44-32(28)47)46-15-14-23(18-46)45(2)3)40-17-24(20-8-6-5-7-9-20)21-10-12-22(36)13-11-21/h5-13,19,23-26,29-30,49H,4,14-18H2,1-3H3,(H,42,48)(H,40,43,44)/t23-,24?,25+,26-,29-,30+/m1/s1. The summed E-state index contributed by atoms with van der Waals surface area (Å²) in [5.74, 6) is -2.77. The molecule has 2 fully saturated rings. The smallest absolute Gasteiger partial charge is 0.451 e. The van der Waals surface area contributed by atoms with E-state index in [2.05, 4.69) is 20.5 Å². The molecule has 12 nitrogen and oxygen atoms in total. The normalized spacial score (nSPS) is 22.8. The van der Waals surface area contributed by atoms with E-state index in [1.807, 2.05) is 49.3 Å². The van der Waals surface area contributed by atoms with Crippen LogP contribution in [0.2, 0.25) is 0 Å². The minimum atomic E-state index is -5.31. The molecule has 6 rings (SSSR count). The lowest BCUT2D eigenvalue weighted by Gasteiger charge is -2.25. The summed E-state index contributed by atoms with van der Waals surface area (Å²) in [6, 6.07) is 14.1. The molecule has 272 valence electrons. The van der Waals surface area contributed by atoms with Crippen LogP contribution in [0.25, 0.3) is 11.2 Å². The monoisotopic (exact) mass is 712 g/mol. The fourth-order valence-corrected chi connectivity index (χ4v) is 6.82. The molecule has 0 spiro atoms. The lowest BCUT2D eigenvalue weighted by molar-refractivity contribution is -0.209. The molecule has 3 N–H and O–H groups in total. The zero-order chi connectivity index (χ0) is 36.4. The van der Waals surface area contributed by atoms with E-state index in [0.29, 0.717) is 36.9 Å². The molecule has 0 bridgehead atoms. The van der Waals surface area contributed by atoms with E-state index >= 15 is 0 Å². The van der Waals surface area contributed by atoms with Crippen molar-refractivity contribution in [2.75, 3.05) is 43.9 Å². The largest absolute Gasteiger partial charge is 0.490 e. The number of anilines is 2. The number of aromatic nitrogens is 4. The maximum absolute atomic E-state index is 13.9. The van der Waals surface area contributed by atoms with E-state index in [4.69, 9.17) is 14.7 Å². The average molecular weight is 713 g/mol. The summed E-state index contributed by atoms with van der Waals surface area (Å²) in [7, 11) is 3.97. The Bertz CT molecular complexity index is 1840. The third-order valence-electron chi connectivity index (χ3n) is 9.66. The molecular weight excluding hydrogens is 672 g/mol. The van der Waals surface area contributed by atoms with E-state index < -0.39 is 42.3 Å². The molecule has 1 amide bonds. The first-order chi connectivity index (χ1) is 24.3. The van der Waals surface area contributed by atoms with Crippen LogP contribution in [0.1, 0.15) is 49.3 Å². The van der Waals surface area contributed by atoms with Crippen LogP contribution in [0.15, 0.2) is 60.9 Å². The van der Waals surface area contributed by atoms with Crippen molar-refractivity contribution >= 4 is 34.8 Å². The number of esters is 1. The first kappa shape index (κ1) is 36.0. The highest BCUT2D eigenvalue weighted by Gasteiger charge is 2.51. The lowest BCUT2D eigenvalue weighted by Crippen LogP contribution is -2.45. The van der Waals surface area contributed by atoms with Crippen LogP contribution in [0.3, 0.4) is 0 Å². The second-order valence-corrected chi connectivity index (χ2v) is 13.1. The summed E-state index contributed by atoms with van der Waals surface area (Å²) in [6.45, 7) is 3.17. The van der Waals surface area contributed by atoms with Crippen LogP contribution >= 0.6 is 0 Å². The van der Waals surface area contributed by atoms with Gasteiger partial charge in [0.25, 0.3) is 0 Å². The number of fused-ring (bicyclic) bond motifs is 1. The van der Waals surface area contributed by atoms with Crippen molar-refractivity contribution in [1.82, 2.24) is 29.7 Å². The number of hydrogen-bond acceptors (Lipinski definition) is 10. The number of alkyl halides is 3. The number of imidazole rings is 1. The van der Waals surface area contributed by atoms with E-state index in [9.17, 15) is 32.3 Å². The fourth-order valence-electron chi connectivity index (χ4n) is 6.82. The third kappa shape index (κ3) is 7.76. The summed E-state index contributed by atoms with van der Waals surface area (Å²) in [5, 5.41) is 17.2. The van der Waals surface area contributed by atoms with Gasteiger partial charge in [0.15, 0.2) is 23.1 Å². The average Bonchev–Trinajstić information content (AvgIpc) is 3.84. The van der Waals surface area contributed by atoms with Gasteiger partial charge in [-0.3, -0.25) is 4.79 Å². The summed E-state index contributed by atoms with van der Waals surface area (Å²) < 4.78 is 60.4. The van der Waals surface area contributed by atoms with Gasteiger partial charge in [-0.2, -0.15) is 23.1 Å². The van der Waals surface area contributed by atoms with Crippen molar-refractivity contribution < 1.29 is 37.0 Å². The second-order valence-electron chi connectivity index (χ2n) is 13.1. The molecule has 51 heavy (non-hydrogen) atoms. The minimum absolute atomic E-state index is 0.0661. The Labute approximate surface area is 291 Å². The van der Waals surface area contributed by atoms with Gasteiger partial charge in [0.2, 0.25) is 11.9 Å². The number of rotatable bonds is 11. The number of amides is 1. The van der Waals surface area contributed by atoms with Gasteiger partial charge in [0.05, 0.1) is 18.4 Å². The van der Waals surface area contributed by atoms with E-state index in [-0.39, 0.29) is 36.3 Å². The molecule has 1 saturated carbocycles. The number of hydrogen-bond donors (Lipinski definition) is 3. The summed E-state index contributed by atoms with van der Waals surface area (Å²) in [4.78, 5) is 42.8. The maximum atomic E-state index is 13.9.